The smallest absolute Gasteiger partial charge is 0.326 e. The topological polar surface area (TPSA) is 120 Å². The number of hydrogen-bond acceptors (Lipinski definition) is 5. The van der Waals surface area contributed by atoms with Crippen molar-refractivity contribution in [3.05, 3.63) is 51.4 Å². The molecule has 10 heteroatoms. The summed E-state index contributed by atoms with van der Waals surface area (Å²) in [5.74, 6) is -0.546. The fourth-order valence-corrected chi connectivity index (χ4v) is 2.87. The number of amides is 2. The van der Waals surface area contributed by atoms with Gasteiger partial charge in [0.15, 0.2) is 11.2 Å². The van der Waals surface area contributed by atoms with E-state index in [-0.39, 0.29) is 23.0 Å². The molecule has 3 aromatic rings. The Labute approximate surface area is 159 Å². The van der Waals surface area contributed by atoms with Gasteiger partial charge in [-0.3, -0.25) is 23.5 Å². The number of imidazole rings is 1. The summed E-state index contributed by atoms with van der Waals surface area (Å²) in [7, 11) is 2.89. The Morgan fingerprint density at radius 3 is 2.14 bits per heavy atom. The molecule has 0 spiro atoms. The molecule has 10 nitrogen and oxygen atoms in total. The SMILES string of the molecule is CC(=O)Nc1ccc(NC(=O)[C@H](C)n2cnc3c2c(=O)n(C)c(=O)n3C)cc1. The van der Waals surface area contributed by atoms with Gasteiger partial charge in [0, 0.05) is 32.4 Å². The molecule has 0 aliphatic heterocycles. The fraction of sp³-hybridized carbons (Fsp3) is 0.278. The average molecular weight is 384 g/mol. The number of nitrogens with zero attached hydrogens (tertiary/aromatic N) is 4. The van der Waals surface area contributed by atoms with Crippen LogP contribution in [0.1, 0.15) is 19.9 Å². The maximum absolute atomic E-state index is 12.7. The van der Waals surface area contributed by atoms with E-state index < -0.39 is 17.3 Å². The minimum absolute atomic E-state index is 0.174. The standard InChI is InChI=1S/C18H20N6O4/c1-10(16(26)21-13-7-5-12(6-8-13)20-11(2)25)24-9-19-15-14(24)17(27)23(4)18(28)22(15)3/h5-10H,1-4H3,(H,20,25)(H,21,26)/t10-/m0/s1. The summed E-state index contributed by atoms with van der Waals surface area (Å²) in [6.07, 6.45) is 1.37. The van der Waals surface area contributed by atoms with E-state index in [1.54, 1.807) is 31.2 Å². The fourth-order valence-electron chi connectivity index (χ4n) is 2.87. The predicted molar refractivity (Wildman–Crippen MR) is 104 cm³/mol. The first-order valence-corrected chi connectivity index (χ1v) is 8.51. The second-order valence-electron chi connectivity index (χ2n) is 6.45. The summed E-state index contributed by atoms with van der Waals surface area (Å²) < 4.78 is 3.68. The molecule has 0 aliphatic carbocycles. The Kier molecular flexibility index (Phi) is 4.87. The molecular formula is C18H20N6O4. The summed E-state index contributed by atoms with van der Waals surface area (Å²) in [5.41, 5.74) is 0.536. The molecule has 2 amide bonds. The second-order valence-corrected chi connectivity index (χ2v) is 6.45. The first-order chi connectivity index (χ1) is 13.2. The maximum atomic E-state index is 12.7. The number of fused-ring (bicyclic) bond motifs is 1. The molecule has 28 heavy (non-hydrogen) atoms. The quantitative estimate of drug-likeness (QED) is 0.682. The van der Waals surface area contributed by atoms with Gasteiger partial charge in [0.1, 0.15) is 6.04 Å². The third-order valence-electron chi connectivity index (χ3n) is 4.44. The molecule has 2 heterocycles. The van der Waals surface area contributed by atoms with Gasteiger partial charge >= 0.3 is 5.69 Å². The van der Waals surface area contributed by atoms with E-state index in [1.807, 2.05) is 0 Å². The third-order valence-corrected chi connectivity index (χ3v) is 4.44. The number of benzene rings is 1. The van der Waals surface area contributed by atoms with Gasteiger partial charge in [-0.25, -0.2) is 9.78 Å². The van der Waals surface area contributed by atoms with Crippen LogP contribution in [-0.2, 0) is 23.7 Å². The summed E-state index contributed by atoms with van der Waals surface area (Å²) in [6.45, 7) is 3.04. The van der Waals surface area contributed by atoms with Gasteiger partial charge in [-0.1, -0.05) is 0 Å². The average Bonchev–Trinajstić information content (AvgIpc) is 3.10. The molecule has 1 atom stereocenters. The van der Waals surface area contributed by atoms with Crippen molar-refractivity contribution < 1.29 is 9.59 Å². The van der Waals surface area contributed by atoms with Crippen molar-refractivity contribution in [3.8, 4) is 0 Å². The first-order valence-electron chi connectivity index (χ1n) is 8.51. The van der Waals surface area contributed by atoms with E-state index in [9.17, 15) is 19.2 Å². The van der Waals surface area contributed by atoms with Crippen LogP contribution in [0.5, 0.6) is 0 Å². The van der Waals surface area contributed by atoms with Crippen molar-refractivity contribution in [1.29, 1.82) is 0 Å². The Hall–Kier alpha value is -3.69. The number of anilines is 2. The van der Waals surface area contributed by atoms with Gasteiger partial charge in [-0.05, 0) is 31.2 Å². The number of aromatic nitrogens is 4. The van der Waals surface area contributed by atoms with Crippen LogP contribution in [0.4, 0.5) is 11.4 Å². The maximum Gasteiger partial charge on any atom is 0.332 e. The molecule has 0 saturated heterocycles. The zero-order valence-corrected chi connectivity index (χ0v) is 15.9. The highest BCUT2D eigenvalue weighted by atomic mass is 16.2. The van der Waals surface area contributed by atoms with Crippen molar-refractivity contribution >= 4 is 34.4 Å². The van der Waals surface area contributed by atoms with Gasteiger partial charge < -0.3 is 15.2 Å². The van der Waals surface area contributed by atoms with Gasteiger partial charge in [-0.15, -0.1) is 0 Å². The molecular weight excluding hydrogens is 364 g/mol. The zero-order chi connectivity index (χ0) is 20.6. The molecule has 0 fully saturated rings. The van der Waals surface area contributed by atoms with Crippen LogP contribution < -0.4 is 21.9 Å². The van der Waals surface area contributed by atoms with E-state index >= 15 is 0 Å². The van der Waals surface area contributed by atoms with Gasteiger partial charge in [0.05, 0.1) is 6.33 Å². The Bertz CT molecular complexity index is 1190. The summed E-state index contributed by atoms with van der Waals surface area (Å²) >= 11 is 0. The Morgan fingerprint density at radius 1 is 1.00 bits per heavy atom. The van der Waals surface area contributed by atoms with Crippen LogP contribution in [0.3, 0.4) is 0 Å². The molecule has 0 bridgehead atoms. The highest BCUT2D eigenvalue weighted by Crippen LogP contribution is 2.18. The van der Waals surface area contributed by atoms with E-state index in [0.717, 1.165) is 4.57 Å². The highest BCUT2D eigenvalue weighted by Gasteiger charge is 2.21. The van der Waals surface area contributed by atoms with Crippen LogP contribution in [0, 0.1) is 0 Å². The largest absolute Gasteiger partial charge is 0.332 e. The number of hydrogen-bond donors (Lipinski definition) is 2. The molecule has 0 saturated carbocycles. The van der Waals surface area contributed by atoms with Crippen molar-refractivity contribution in [3.63, 3.8) is 0 Å². The van der Waals surface area contributed by atoms with Gasteiger partial charge in [0.2, 0.25) is 11.8 Å². The Balaban J connectivity index is 1.89. The lowest BCUT2D eigenvalue weighted by molar-refractivity contribution is -0.118. The molecule has 0 unspecified atom stereocenters. The molecule has 1 aromatic carbocycles. The molecule has 146 valence electrons. The third kappa shape index (κ3) is 3.31. The van der Waals surface area contributed by atoms with Crippen molar-refractivity contribution in [2.45, 2.75) is 19.9 Å². The van der Waals surface area contributed by atoms with Gasteiger partial charge in [0.25, 0.3) is 5.56 Å². The van der Waals surface area contributed by atoms with E-state index in [2.05, 4.69) is 15.6 Å². The molecule has 3 rings (SSSR count). The number of rotatable bonds is 4. The van der Waals surface area contributed by atoms with E-state index in [4.69, 9.17) is 0 Å². The lowest BCUT2D eigenvalue weighted by Crippen LogP contribution is -2.38. The molecule has 0 aliphatic rings. The molecule has 2 N–H and O–H groups in total. The number of carbonyl (C=O) groups excluding carboxylic acids is 2. The van der Waals surface area contributed by atoms with Crippen LogP contribution in [0.25, 0.3) is 11.2 Å². The monoisotopic (exact) mass is 384 g/mol. The lowest BCUT2D eigenvalue weighted by Gasteiger charge is -2.15. The minimum Gasteiger partial charge on any atom is -0.326 e. The zero-order valence-electron chi connectivity index (χ0n) is 15.9. The van der Waals surface area contributed by atoms with Crippen molar-refractivity contribution in [2.75, 3.05) is 10.6 Å². The van der Waals surface area contributed by atoms with Crippen molar-refractivity contribution in [2.24, 2.45) is 14.1 Å². The number of carbonyl (C=O) groups is 2. The van der Waals surface area contributed by atoms with Crippen LogP contribution in [0.2, 0.25) is 0 Å². The minimum atomic E-state index is -0.745. The predicted octanol–water partition coefficient (Wildman–Crippen LogP) is 0.592. The normalized spacial score (nSPS) is 12.0. The number of aryl methyl sites for hydroxylation is 1. The second kappa shape index (κ2) is 7.14. The summed E-state index contributed by atoms with van der Waals surface area (Å²) in [5, 5.41) is 5.40. The lowest BCUT2D eigenvalue weighted by atomic mass is 10.2. The van der Waals surface area contributed by atoms with E-state index in [1.165, 1.54) is 36.5 Å². The van der Waals surface area contributed by atoms with Crippen molar-refractivity contribution in [1.82, 2.24) is 18.7 Å². The number of nitrogens with one attached hydrogen (secondary N) is 2. The first kappa shape index (κ1) is 19.1. The van der Waals surface area contributed by atoms with Crippen LogP contribution >= 0.6 is 0 Å². The Morgan fingerprint density at radius 2 is 1.57 bits per heavy atom. The van der Waals surface area contributed by atoms with Crippen LogP contribution in [0.15, 0.2) is 40.2 Å². The molecule has 0 radical (unpaired) electrons. The summed E-state index contributed by atoms with van der Waals surface area (Å²) in [6, 6.07) is 5.90. The van der Waals surface area contributed by atoms with Crippen LogP contribution in [-0.4, -0.2) is 30.5 Å². The van der Waals surface area contributed by atoms with Gasteiger partial charge in [-0.2, -0.15) is 0 Å². The van der Waals surface area contributed by atoms with E-state index in [0.29, 0.717) is 11.4 Å². The molecule has 2 aromatic heterocycles. The highest BCUT2D eigenvalue weighted by molar-refractivity contribution is 5.95. The summed E-state index contributed by atoms with van der Waals surface area (Å²) in [4.78, 5) is 52.4.